The molecule has 0 aromatic rings. The first kappa shape index (κ1) is 15.0. The molecule has 1 fully saturated rings. The Morgan fingerprint density at radius 3 is 2.50 bits per heavy atom. The van der Waals surface area contributed by atoms with E-state index in [2.05, 4.69) is 27.8 Å². The number of halogens is 1. The van der Waals surface area contributed by atoms with Crippen LogP contribution < -0.4 is 5.32 Å². The van der Waals surface area contributed by atoms with E-state index < -0.39 is 5.97 Å². The molecule has 0 aromatic heterocycles. The molecule has 0 unspecified atom stereocenters. The van der Waals surface area contributed by atoms with Gasteiger partial charge in [-0.15, -0.1) is 0 Å². The van der Waals surface area contributed by atoms with Crippen LogP contribution in [-0.2, 0) is 4.79 Å². The lowest BCUT2D eigenvalue weighted by Gasteiger charge is -2.31. The maximum Gasteiger partial charge on any atom is 0.317 e. The lowest BCUT2D eigenvalue weighted by Crippen LogP contribution is -2.44. The molecule has 1 heterocycles. The fraction of sp³-hybridized carbons (Fsp3) is 0.667. The van der Waals surface area contributed by atoms with Crippen LogP contribution in [0.25, 0.3) is 0 Å². The lowest BCUT2D eigenvalue weighted by molar-refractivity contribution is -0.137. The zero-order chi connectivity index (χ0) is 13.5. The van der Waals surface area contributed by atoms with E-state index in [0.717, 1.165) is 17.3 Å². The Morgan fingerprint density at radius 1 is 1.39 bits per heavy atom. The van der Waals surface area contributed by atoms with Crippen molar-refractivity contribution in [3.8, 4) is 0 Å². The quantitative estimate of drug-likeness (QED) is 0.816. The minimum Gasteiger partial charge on any atom is -0.481 e. The van der Waals surface area contributed by atoms with Crippen molar-refractivity contribution in [3.05, 3.63) is 11.1 Å². The van der Waals surface area contributed by atoms with Crippen LogP contribution in [0.1, 0.15) is 25.7 Å². The first-order valence-corrected chi connectivity index (χ1v) is 6.86. The number of piperidine rings is 1. The molecular formula is C12H19BrN2O3. The SMILES string of the molecule is C=C(Br)CNC(=O)N1CCC(CCC(=O)O)CC1. The summed E-state index contributed by atoms with van der Waals surface area (Å²) >= 11 is 3.19. The Kier molecular flexibility index (Phi) is 6.18. The lowest BCUT2D eigenvalue weighted by atomic mass is 9.92. The summed E-state index contributed by atoms with van der Waals surface area (Å²) in [7, 11) is 0. The zero-order valence-electron chi connectivity index (χ0n) is 10.3. The summed E-state index contributed by atoms with van der Waals surface area (Å²) in [5.74, 6) is -0.317. The average Bonchev–Trinajstić information content (AvgIpc) is 2.34. The minimum absolute atomic E-state index is 0.0766. The highest BCUT2D eigenvalue weighted by Crippen LogP contribution is 2.21. The van der Waals surface area contributed by atoms with E-state index >= 15 is 0 Å². The third-order valence-corrected chi connectivity index (χ3v) is 3.38. The van der Waals surface area contributed by atoms with Crippen molar-refractivity contribution in [2.75, 3.05) is 19.6 Å². The molecule has 0 atom stereocenters. The fourth-order valence-corrected chi connectivity index (χ4v) is 2.18. The number of urea groups is 1. The highest BCUT2D eigenvalue weighted by molar-refractivity contribution is 9.11. The van der Waals surface area contributed by atoms with E-state index in [0.29, 0.717) is 32.0 Å². The molecule has 0 aliphatic carbocycles. The van der Waals surface area contributed by atoms with Gasteiger partial charge in [0.1, 0.15) is 0 Å². The summed E-state index contributed by atoms with van der Waals surface area (Å²) in [5, 5.41) is 11.4. The number of rotatable bonds is 5. The van der Waals surface area contributed by atoms with Crippen molar-refractivity contribution in [1.29, 1.82) is 0 Å². The van der Waals surface area contributed by atoms with Gasteiger partial charge in [-0.05, 0) is 25.2 Å². The van der Waals surface area contributed by atoms with Gasteiger partial charge >= 0.3 is 12.0 Å². The van der Waals surface area contributed by atoms with Gasteiger partial charge in [0.2, 0.25) is 0 Å². The smallest absolute Gasteiger partial charge is 0.317 e. The van der Waals surface area contributed by atoms with Gasteiger partial charge in [-0.2, -0.15) is 0 Å². The van der Waals surface area contributed by atoms with Gasteiger partial charge in [-0.1, -0.05) is 22.5 Å². The van der Waals surface area contributed by atoms with E-state index in [9.17, 15) is 9.59 Å². The van der Waals surface area contributed by atoms with Crippen molar-refractivity contribution in [1.82, 2.24) is 10.2 Å². The number of carbonyl (C=O) groups is 2. The summed E-state index contributed by atoms with van der Waals surface area (Å²) in [5.41, 5.74) is 0. The Morgan fingerprint density at radius 2 is 2.00 bits per heavy atom. The largest absolute Gasteiger partial charge is 0.481 e. The number of carboxylic acids is 1. The summed E-state index contributed by atoms with van der Waals surface area (Å²) in [6.07, 6.45) is 2.70. The van der Waals surface area contributed by atoms with E-state index in [1.54, 1.807) is 4.90 Å². The molecular weight excluding hydrogens is 300 g/mol. The molecule has 0 spiro atoms. The average molecular weight is 319 g/mol. The molecule has 1 rings (SSSR count). The topological polar surface area (TPSA) is 69.6 Å². The number of amides is 2. The van der Waals surface area contributed by atoms with Crippen LogP contribution in [0.4, 0.5) is 4.79 Å². The second-order valence-corrected chi connectivity index (χ2v) is 5.66. The second kappa shape index (κ2) is 7.41. The highest BCUT2D eigenvalue weighted by atomic mass is 79.9. The van der Waals surface area contributed by atoms with Gasteiger partial charge in [-0.25, -0.2) is 4.79 Å². The Hall–Kier alpha value is -1.04. The Balaban J connectivity index is 2.24. The molecule has 1 saturated heterocycles. The maximum atomic E-state index is 11.7. The third-order valence-electron chi connectivity index (χ3n) is 3.10. The van der Waals surface area contributed by atoms with Crippen molar-refractivity contribution in [2.45, 2.75) is 25.7 Å². The van der Waals surface area contributed by atoms with E-state index in [1.807, 2.05) is 0 Å². The summed E-state index contributed by atoms with van der Waals surface area (Å²) in [6, 6.07) is -0.0766. The van der Waals surface area contributed by atoms with E-state index in [1.165, 1.54) is 0 Å². The minimum atomic E-state index is -0.744. The molecule has 2 N–H and O–H groups in total. The van der Waals surface area contributed by atoms with Crippen LogP contribution in [-0.4, -0.2) is 41.6 Å². The van der Waals surface area contributed by atoms with Crippen molar-refractivity contribution in [2.24, 2.45) is 5.92 Å². The molecule has 5 nitrogen and oxygen atoms in total. The van der Waals surface area contributed by atoms with Crippen molar-refractivity contribution >= 4 is 27.9 Å². The number of carboxylic acid groups (broad SMARTS) is 1. The van der Waals surface area contributed by atoms with E-state index in [4.69, 9.17) is 5.11 Å². The first-order chi connectivity index (χ1) is 8.49. The third kappa shape index (κ3) is 5.53. The molecule has 0 saturated carbocycles. The first-order valence-electron chi connectivity index (χ1n) is 6.07. The van der Waals surface area contributed by atoms with Gasteiger partial charge in [0.25, 0.3) is 0 Å². The van der Waals surface area contributed by atoms with Gasteiger partial charge < -0.3 is 15.3 Å². The molecule has 18 heavy (non-hydrogen) atoms. The summed E-state index contributed by atoms with van der Waals surface area (Å²) in [4.78, 5) is 24.0. The molecule has 2 amide bonds. The number of hydrogen-bond donors (Lipinski definition) is 2. The van der Waals surface area contributed by atoms with Crippen molar-refractivity contribution < 1.29 is 14.7 Å². The predicted molar refractivity (Wildman–Crippen MR) is 72.6 cm³/mol. The Bertz CT molecular complexity index is 325. The van der Waals surface area contributed by atoms with Crippen LogP contribution in [0.3, 0.4) is 0 Å². The summed E-state index contributed by atoms with van der Waals surface area (Å²) < 4.78 is 0.743. The maximum absolute atomic E-state index is 11.7. The van der Waals surface area contributed by atoms with Crippen LogP contribution in [0, 0.1) is 5.92 Å². The van der Waals surface area contributed by atoms with E-state index in [-0.39, 0.29) is 12.5 Å². The monoisotopic (exact) mass is 318 g/mol. The molecule has 0 bridgehead atoms. The van der Waals surface area contributed by atoms with Crippen LogP contribution in [0.2, 0.25) is 0 Å². The molecule has 6 heteroatoms. The zero-order valence-corrected chi connectivity index (χ0v) is 11.9. The summed E-state index contributed by atoms with van der Waals surface area (Å²) in [6.45, 7) is 5.48. The standard InChI is InChI=1S/C12H19BrN2O3/c1-9(13)8-14-12(18)15-6-4-10(5-7-15)2-3-11(16)17/h10H,1-8H2,(H,14,18)(H,16,17). The predicted octanol–water partition coefficient (Wildman–Crippen LogP) is 2.18. The fourth-order valence-electron chi connectivity index (χ4n) is 2.04. The number of carbonyl (C=O) groups excluding carboxylic acids is 1. The molecule has 102 valence electrons. The van der Waals surface area contributed by atoms with Gasteiger partial charge in [-0.3, -0.25) is 4.79 Å². The highest BCUT2D eigenvalue weighted by Gasteiger charge is 2.22. The molecule has 1 aliphatic heterocycles. The second-order valence-electron chi connectivity index (χ2n) is 4.54. The van der Waals surface area contributed by atoms with Crippen LogP contribution in [0.5, 0.6) is 0 Å². The number of nitrogens with one attached hydrogen (secondary N) is 1. The van der Waals surface area contributed by atoms with Crippen LogP contribution >= 0.6 is 15.9 Å². The Labute approximate surface area is 115 Å². The molecule has 1 aliphatic rings. The number of likely N-dealkylation sites (tertiary alicyclic amines) is 1. The van der Waals surface area contributed by atoms with Crippen molar-refractivity contribution in [3.63, 3.8) is 0 Å². The van der Waals surface area contributed by atoms with Gasteiger partial charge in [0.15, 0.2) is 0 Å². The normalized spacial score (nSPS) is 16.4. The van der Waals surface area contributed by atoms with Gasteiger partial charge in [0.05, 0.1) is 6.54 Å². The molecule has 0 radical (unpaired) electrons. The number of hydrogen-bond acceptors (Lipinski definition) is 2. The van der Waals surface area contributed by atoms with Gasteiger partial charge in [0, 0.05) is 24.0 Å². The number of nitrogens with zero attached hydrogens (tertiary/aromatic N) is 1. The van der Waals surface area contributed by atoms with Crippen LogP contribution in [0.15, 0.2) is 11.1 Å². The number of aliphatic carboxylic acids is 1. The molecule has 0 aromatic carbocycles.